The van der Waals surface area contributed by atoms with Gasteiger partial charge in [-0.05, 0) is 31.2 Å². The average Bonchev–Trinajstić information content (AvgIpc) is 3.01. The number of halogens is 1. The SMILES string of the molecule is COc1cc(OC)cc(C(=O)Nc2nc(-c3ccc(Br)cc3)c(C)s2)c1. The van der Waals surface area contributed by atoms with E-state index in [-0.39, 0.29) is 5.91 Å². The van der Waals surface area contributed by atoms with Gasteiger partial charge < -0.3 is 9.47 Å². The minimum Gasteiger partial charge on any atom is -0.497 e. The Morgan fingerprint density at radius 3 is 2.27 bits per heavy atom. The molecule has 1 aromatic heterocycles. The average molecular weight is 433 g/mol. The lowest BCUT2D eigenvalue weighted by molar-refractivity contribution is 0.102. The molecule has 3 aromatic rings. The number of ether oxygens (including phenoxy) is 2. The smallest absolute Gasteiger partial charge is 0.257 e. The Labute approximate surface area is 164 Å². The third-order valence-electron chi connectivity index (χ3n) is 3.75. The maximum Gasteiger partial charge on any atom is 0.257 e. The largest absolute Gasteiger partial charge is 0.497 e. The predicted molar refractivity (Wildman–Crippen MR) is 107 cm³/mol. The van der Waals surface area contributed by atoms with Crippen molar-refractivity contribution in [1.29, 1.82) is 0 Å². The third-order valence-corrected chi connectivity index (χ3v) is 5.16. The third kappa shape index (κ3) is 4.05. The Balaban J connectivity index is 1.84. The molecule has 7 heteroatoms. The van der Waals surface area contributed by atoms with E-state index in [1.54, 1.807) is 32.4 Å². The highest BCUT2D eigenvalue weighted by Gasteiger charge is 2.15. The fourth-order valence-corrected chi connectivity index (χ4v) is 3.53. The van der Waals surface area contributed by atoms with Crippen LogP contribution in [0.3, 0.4) is 0 Å². The minimum absolute atomic E-state index is 0.265. The van der Waals surface area contributed by atoms with E-state index >= 15 is 0 Å². The van der Waals surface area contributed by atoms with Crippen LogP contribution in [0.15, 0.2) is 46.9 Å². The predicted octanol–water partition coefficient (Wildman–Crippen LogP) is 5.15. The number of amides is 1. The van der Waals surface area contributed by atoms with Crippen LogP contribution < -0.4 is 14.8 Å². The zero-order valence-electron chi connectivity index (χ0n) is 14.5. The first-order valence-electron chi connectivity index (χ1n) is 7.78. The van der Waals surface area contributed by atoms with E-state index in [0.29, 0.717) is 22.2 Å². The lowest BCUT2D eigenvalue weighted by atomic mass is 10.1. The van der Waals surface area contributed by atoms with Crippen LogP contribution >= 0.6 is 27.3 Å². The molecule has 0 spiro atoms. The zero-order chi connectivity index (χ0) is 18.7. The fraction of sp³-hybridized carbons (Fsp3) is 0.158. The lowest BCUT2D eigenvalue weighted by Crippen LogP contribution is -2.12. The molecule has 0 fully saturated rings. The second kappa shape index (κ2) is 7.88. The van der Waals surface area contributed by atoms with E-state index in [9.17, 15) is 4.79 Å². The first-order chi connectivity index (χ1) is 12.5. The van der Waals surface area contributed by atoms with Gasteiger partial charge in [-0.3, -0.25) is 10.1 Å². The summed E-state index contributed by atoms with van der Waals surface area (Å²) in [5.74, 6) is 0.846. The highest BCUT2D eigenvalue weighted by molar-refractivity contribution is 9.10. The molecule has 3 rings (SSSR count). The van der Waals surface area contributed by atoms with Gasteiger partial charge in [0.05, 0.1) is 19.9 Å². The van der Waals surface area contributed by atoms with Crippen molar-refractivity contribution in [3.8, 4) is 22.8 Å². The van der Waals surface area contributed by atoms with Crippen LogP contribution in [0, 0.1) is 6.92 Å². The van der Waals surface area contributed by atoms with Gasteiger partial charge in [0.2, 0.25) is 0 Å². The quantitative estimate of drug-likeness (QED) is 0.605. The molecular formula is C19H17BrN2O3S. The summed E-state index contributed by atoms with van der Waals surface area (Å²) in [6, 6.07) is 13.0. The molecule has 0 aliphatic rings. The number of thiazole rings is 1. The van der Waals surface area contributed by atoms with Crippen LogP contribution in [0.1, 0.15) is 15.2 Å². The summed E-state index contributed by atoms with van der Waals surface area (Å²) in [6.07, 6.45) is 0. The molecule has 0 aliphatic heterocycles. The number of carbonyl (C=O) groups excluding carboxylic acids is 1. The molecule has 0 unspecified atom stereocenters. The van der Waals surface area contributed by atoms with Crippen LogP contribution in [0.2, 0.25) is 0 Å². The zero-order valence-corrected chi connectivity index (χ0v) is 16.9. The van der Waals surface area contributed by atoms with Crippen LogP contribution in [-0.4, -0.2) is 25.1 Å². The molecule has 0 atom stereocenters. The van der Waals surface area contributed by atoms with Gasteiger partial charge in [-0.1, -0.05) is 28.1 Å². The van der Waals surface area contributed by atoms with Crippen molar-refractivity contribution in [2.75, 3.05) is 19.5 Å². The number of nitrogens with one attached hydrogen (secondary N) is 1. The fourth-order valence-electron chi connectivity index (χ4n) is 2.43. The summed E-state index contributed by atoms with van der Waals surface area (Å²) < 4.78 is 11.4. The number of hydrogen-bond donors (Lipinski definition) is 1. The Hall–Kier alpha value is -2.38. The number of nitrogens with zero attached hydrogens (tertiary/aromatic N) is 1. The Morgan fingerprint density at radius 1 is 1.08 bits per heavy atom. The molecule has 0 aliphatic carbocycles. The number of benzene rings is 2. The molecule has 26 heavy (non-hydrogen) atoms. The van der Waals surface area contributed by atoms with Crippen molar-refractivity contribution >= 4 is 38.3 Å². The summed E-state index contributed by atoms with van der Waals surface area (Å²) >= 11 is 4.87. The highest BCUT2D eigenvalue weighted by Crippen LogP contribution is 2.31. The Bertz CT molecular complexity index is 916. The Morgan fingerprint density at radius 2 is 1.69 bits per heavy atom. The minimum atomic E-state index is -0.265. The van der Waals surface area contributed by atoms with Crippen LogP contribution in [-0.2, 0) is 0 Å². The van der Waals surface area contributed by atoms with Gasteiger partial charge in [0.1, 0.15) is 11.5 Å². The van der Waals surface area contributed by atoms with Gasteiger partial charge in [0.25, 0.3) is 5.91 Å². The summed E-state index contributed by atoms with van der Waals surface area (Å²) in [5, 5.41) is 3.40. The van der Waals surface area contributed by atoms with E-state index in [4.69, 9.17) is 9.47 Å². The van der Waals surface area contributed by atoms with E-state index in [2.05, 4.69) is 26.2 Å². The van der Waals surface area contributed by atoms with Crippen molar-refractivity contribution in [1.82, 2.24) is 4.98 Å². The summed E-state index contributed by atoms with van der Waals surface area (Å²) in [6.45, 7) is 1.99. The van der Waals surface area contributed by atoms with E-state index in [1.165, 1.54) is 11.3 Å². The van der Waals surface area contributed by atoms with E-state index < -0.39 is 0 Å². The van der Waals surface area contributed by atoms with E-state index in [0.717, 1.165) is 20.6 Å². The van der Waals surface area contributed by atoms with Gasteiger partial charge in [-0.15, -0.1) is 11.3 Å². The van der Waals surface area contributed by atoms with Crippen LogP contribution in [0.25, 0.3) is 11.3 Å². The summed E-state index contributed by atoms with van der Waals surface area (Å²) in [5.41, 5.74) is 2.31. The first kappa shape index (κ1) is 18.4. The topological polar surface area (TPSA) is 60.5 Å². The van der Waals surface area contributed by atoms with Crippen molar-refractivity contribution in [3.63, 3.8) is 0 Å². The maximum atomic E-state index is 12.6. The number of carbonyl (C=O) groups is 1. The number of aryl methyl sites for hydroxylation is 1. The number of aromatic nitrogens is 1. The van der Waals surface area contributed by atoms with Crippen molar-refractivity contribution in [2.45, 2.75) is 6.92 Å². The molecular weight excluding hydrogens is 416 g/mol. The monoisotopic (exact) mass is 432 g/mol. The first-order valence-corrected chi connectivity index (χ1v) is 9.39. The number of anilines is 1. The van der Waals surface area contributed by atoms with Crippen molar-refractivity contribution in [2.24, 2.45) is 0 Å². The number of rotatable bonds is 5. The molecule has 1 heterocycles. The molecule has 0 bridgehead atoms. The van der Waals surface area contributed by atoms with Gasteiger partial charge in [-0.25, -0.2) is 4.98 Å². The standard InChI is InChI=1S/C19H17BrN2O3S/c1-11-17(12-4-6-14(20)7-5-12)21-19(26-11)22-18(23)13-8-15(24-2)10-16(9-13)25-3/h4-10H,1-3H3,(H,21,22,23). The molecule has 0 radical (unpaired) electrons. The molecule has 0 saturated carbocycles. The lowest BCUT2D eigenvalue weighted by Gasteiger charge is -2.08. The second-order valence-electron chi connectivity index (χ2n) is 5.49. The summed E-state index contributed by atoms with van der Waals surface area (Å²) in [7, 11) is 3.09. The normalized spacial score (nSPS) is 10.5. The number of hydrogen-bond acceptors (Lipinski definition) is 5. The summed E-state index contributed by atoms with van der Waals surface area (Å²) in [4.78, 5) is 18.2. The van der Waals surface area contributed by atoms with Crippen LogP contribution in [0.5, 0.6) is 11.5 Å². The van der Waals surface area contributed by atoms with Crippen LogP contribution in [0.4, 0.5) is 5.13 Å². The molecule has 2 aromatic carbocycles. The van der Waals surface area contributed by atoms with Crippen molar-refractivity contribution < 1.29 is 14.3 Å². The molecule has 1 N–H and O–H groups in total. The number of methoxy groups -OCH3 is 2. The molecule has 1 amide bonds. The van der Waals surface area contributed by atoms with Gasteiger partial charge in [-0.2, -0.15) is 0 Å². The maximum absolute atomic E-state index is 12.6. The highest BCUT2D eigenvalue weighted by atomic mass is 79.9. The molecule has 134 valence electrons. The Kier molecular flexibility index (Phi) is 5.58. The van der Waals surface area contributed by atoms with E-state index in [1.807, 2.05) is 31.2 Å². The molecule has 0 saturated heterocycles. The van der Waals surface area contributed by atoms with Gasteiger partial charge in [0, 0.05) is 26.5 Å². The van der Waals surface area contributed by atoms with Gasteiger partial charge >= 0.3 is 0 Å². The van der Waals surface area contributed by atoms with Crippen molar-refractivity contribution in [3.05, 3.63) is 57.4 Å². The van der Waals surface area contributed by atoms with Gasteiger partial charge in [0.15, 0.2) is 5.13 Å². The molecule has 5 nitrogen and oxygen atoms in total. The second-order valence-corrected chi connectivity index (χ2v) is 7.61.